The number of unbranched alkanes of at least 4 members (excludes halogenated alkanes) is 1. The molecule has 4 rings (SSSR count). The summed E-state index contributed by atoms with van der Waals surface area (Å²) in [7, 11) is 0. The number of aromatic nitrogens is 4. The number of anilines is 1. The normalized spacial score (nSPS) is 13.8. The maximum Gasteiger partial charge on any atom is 0.277 e. The molecule has 146 valence electrons. The summed E-state index contributed by atoms with van der Waals surface area (Å²) in [5.74, 6) is 1.48. The van der Waals surface area contributed by atoms with Gasteiger partial charge in [0.1, 0.15) is 17.3 Å². The number of nitrogens with zero attached hydrogens (tertiary/aromatic N) is 4. The zero-order valence-corrected chi connectivity index (χ0v) is 16.4. The van der Waals surface area contributed by atoms with Gasteiger partial charge in [-0.25, -0.2) is 9.67 Å². The molecule has 0 atom stereocenters. The number of carbonyl (C=O) groups is 1. The summed E-state index contributed by atoms with van der Waals surface area (Å²) in [6.45, 7) is 3.86. The van der Waals surface area contributed by atoms with E-state index in [0.717, 1.165) is 68.1 Å². The molecule has 6 nitrogen and oxygen atoms in total. The topological polar surface area (TPSA) is 64.7 Å². The number of imidazole rings is 1. The first-order valence-corrected chi connectivity index (χ1v) is 10.3. The Morgan fingerprint density at radius 1 is 1.14 bits per heavy atom. The molecule has 0 saturated carbocycles. The Bertz CT molecular complexity index is 941. The minimum absolute atomic E-state index is 0.147. The van der Waals surface area contributed by atoms with E-state index in [2.05, 4.69) is 34.0 Å². The van der Waals surface area contributed by atoms with E-state index in [1.807, 2.05) is 28.9 Å². The Kier molecular flexibility index (Phi) is 5.55. The van der Waals surface area contributed by atoms with Crippen molar-refractivity contribution in [1.82, 2.24) is 19.3 Å². The Morgan fingerprint density at radius 2 is 2.00 bits per heavy atom. The van der Waals surface area contributed by atoms with E-state index in [0.29, 0.717) is 5.69 Å². The molecule has 1 N–H and O–H groups in total. The maximum atomic E-state index is 13.1. The van der Waals surface area contributed by atoms with Crippen LogP contribution < -0.4 is 5.32 Å². The SMILES string of the molecule is CCCCn1nccc1NC(=O)c1nc(-c2ccccc2)n2c1CCCCC2. The van der Waals surface area contributed by atoms with Crippen molar-refractivity contribution in [3.8, 4) is 11.4 Å². The van der Waals surface area contributed by atoms with Crippen molar-refractivity contribution in [3.05, 3.63) is 54.0 Å². The number of nitrogens with one attached hydrogen (secondary N) is 1. The van der Waals surface area contributed by atoms with E-state index in [4.69, 9.17) is 4.98 Å². The summed E-state index contributed by atoms with van der Waals surface area (Å²) in [5, 5.41) is 7.37. The number of benzene rings is 1. The number of rotatable bonds is 6. The van der Waals surface area contributed by atoms with Crippen molar-refractivity contribution in [2.45, 2.75) is 58.5 Å². The number of fused-ring (bicyclic) bond motifs is 1. The lowest BCUT2D eigenvalue weighted by Crippen LogP contribution is -2.18. The van der Waals surface area contributed by atoms with E-state index in [9.17, 15) is 4.79 Å². The first-order chi connectivity index (χ1) is 13.8. The first-order valence-electron chi connectivity index (χ1n) is 10.3. The van der Waals surface area contributed by atoms with Gasteiger partial charge in [0.05, 0.1) is 11.9 Å². The van der Waals surface area contributed by atoms with Crippen LogP contribution >= 0.6 is 0 Å². The first kappa shape index (κ1) is 18.5. The van der Waals surface area contributed by atoms with Crippen LogP contribution in [-0.4, -0.2) is 25.2 Å². The molecular weight excluding hydrogens is 350 g/mol. The van der Waals surface area contributed by atoms with Gasteiger partial charge in [-0.3, -0.25) is 4.79 Å². The van der Waals surface area contributed by atoms with Gasteiger partial charge in [0.15, 0.2) is 0 Å². The Hall–Kier alpha value is -2.89. The molecule has 1 aliphatic heterocycles. The van der Waals surface area contributed by atoms with Gasteiger partial charge in [0, 0.05) is 24.7 Å². The zero-order valence-electron chi connectivity index (χ0n) is 16.4. The van der Waals surface area contributed by atoms with Gasteiger partial charge in [0.2, 0.25) is 0 Å². The van der Waals surface area contributed by atoms with Crippen LogP contribution in [0.2, 0.25) is 0 Å². The van der Waals surface area contributed by atoms with Gasteiger partial charge < -0.3 is 9.88 Å². The monoisotopic (exact) mass is 377 g/mol. The number of aryl methyl sites for hydroxylation is 1. The van der Waals surface area contributed by atoms with E-state index in [-0.39, 0.29) is 5.91 Å². The van der Waals surface area contributed by atoms with E-state index in [1.54, 1.807) is 6.20 Å². The third-order valence-electron chi connectivity index (χ3n) is 5.30. The highest BCUT2D eigenvalue weighted by atomic mass is 16.2. The molecule has 0 bridgehead atoms. The second-order valence-electron chi connectivity index (χ2n) is 7.31. The lowest BCUT2D eigenvalue weighted by Gasteiger charge is -2.10. The fraction of sp³-hybridized carbons (Fsp3) is 0.409. The Labute approximate surface area is 165 Å². The van der Waals surface area contributed by atoms with Gasteiger partial charge in [0.25, 0.3) is 5.91 Å². The van der Waals surface area contributed by atoms with Crippen molar-refractivity contribution in [2.75, 3.05) is 5.32 Å². The largest absolute Gasteiger partial charge is 0.327 e. The van der Waals surface area contributed by atoms with Gasteiger partial charge in [-0.05, 0) is 25.7 Å². The van der Waals surface area contributed by atoms with Crippen molar-refractivity contribution in [3.63, 3.8) is 0 Å². The molecule has 0 aliphatic carbocycles. The smallest absolute Gasteiger partial charge is 0.277 e. The summed E-state index contributed by atoms with van der Waals surface area (Å²) in [6, 6.07) is 12.0. The second kappa shape index (κ2) is 8.42. The molecule has 3 heterocycles. The quantitative estimate of drug-likeness (QED) is 0.687. The van der Waals surface area contributed by atoms with Crippen LogP contribution in [0.25, 0.3) is 11.4 Å². The average molecular weight is 377 g/mol. The van der Waals surface area contributed by atoms with Crippen molar-refractivity contribution < 1.29 is 4.79 Å². The standard InChI is InChI=1S/C22H27N5O/c1-2-3-16-27-19(13-14-23-27)24-22(28)20-18-12-8-5-9-15-26(18)21(25-20)17-10-6-4-7-11-17/h4,6-7,10-11,13-14H,2-3,5,8-9,12,15-16H2,1H3,(H,24,28). The van der Waals surface area contributed by atoms with Gasteiger partial charge >= 0.3 is 0 Å². The molecule has 0 saturated heterocycles. The summed E-state index contributed by atoms with van der Waals surface area (Å²) in [5.41, 5.74) is 2.65. The minimum Gasteiger partial charge on any atom is -0.327 e. The third-order valence-corrected chi connectivity index (χ3v) is 5.30. The molecule has 1 amide bonds. The zero-order chi connectivity index (χ0) is 19.3. The van der Waals surface area contributed by atoms with E-state index < -0.39 is 0 Å². The van der Waals surface area contributed by atoms with Crippen LogP contribution in [0.1, 0.15) is 55.2 Å². The molecule has 3 aromatic rings. The lowest BCUT2D eigenvalue weighted by atomic mass is 10.1. The van der Waals surface area contributed by atoms with Crippen LogP contribution in [0.3, 0.4) is 0 Å². The molecule has 0 spiro atoms. The van der Waals surface area contributed by atoms with Crippen molar-refractivity contribution in [1.29, 1.82) is 0 Å². The number of carbonyl (C=O) groups excluding carboxylic acids is 1. The summed E-state index contributed by atoms with van der Waals surface area (Å²) >= 11 is 0. The predicted molar refractivity (Wildman–Crippen MR) is 110 cm³/mol. The number of amides is 1. The highest BCUT2D eigenvalue weighted by Crippen LogP contribution is 2.27. The van der Waals surface area contributed by atoms with Gasteiger partial charge in [-0.15, -0.1) is 0 Å². The minimum atomic E-state index is -0.147. The maximum absolute atomic E-state index is 13.1. The molecule has 1 aliphatic rings. The molecule has 1 aromatic carbocycles. The van der Waals surface area contributed by atoms with Crippen molar-refractivity contribution >= 4 is 11.7 Å². The molecule has 6 heteroatoms. The number of hydrogen-bond donors (Lipinski definition) is 1. The lowest BCUT2D eigenvalue weighted by molar-refractivity contribution is 0.102. The molecule has 0 unspecified atom stereocenters. The fourth-order valence-electron chi connectivity index (χ4n) is 3.81. The Balaban J connectivity index is 1.67. The molecular formula is C22H27N5O. The molecule has 2 aromatic heterocycles. The summed E-state index contributed by atoms with van der Waals surface area (Å²) in [6.07, 6.45) is 8.13. The van der Waals surface area contributed by atoms with Gasteiger partial charge in [-0.2, -0.15) is 5.10 Å². The highest BCUT2D eigenvalue weighted by molar-refractivity contribution is 6.03. The molecule has 0 radical (unpaired) electrons. The average Bonchev–Trinajstić information content (AvgIpc) is 3.23. The van der Waals surface area contributed by atoms with Crippen LogP contribution in [0.4, 0.5) is 5.82 Å². The van der Waals surface area contributed by atoms with Crippen LogP contribution in [0.5, 0.6) is 0 Å². The van der Waals surface area contributed by atoms with Gasteiger partial charge in [-0.1, -0.05) is 50.1 Å². The van der Waals surface area contributed by atoms with E-state index >= 15 is 0 Å². The number of hydrogen-bond acceptors (Lipinski definition) is 3. The Morgan fingerprint density at radius 3 is 2.82 bits per heavy atom. The van der Waals surface area contributed by atoms with Crippen molar-refractivity contribution in [2.24, 2.45) is 0 Å². The molecule has 0 fully saturated rings. The van der Waals surface area contributed by atoms with E-state index in [1.165, 1.54) is 6.42 Å². The summed E-state index contributed by atoms with van der Waals surface area (Å²) < 4.78 is 4.10. The third kappa shape index (κ3) is 3.72. The highest BCUT2D eigenvalue weighted by Gasteiger charge is 2.24. The van der Waals surface area contributed by atoms with Crippen LogP contribution in [0, 0.1) is 0 Å². The summed E-state index contributed by atoms with van der Waals surface area (Å²) in [4.78, 5) is 17.9. The predicted octanol–water partition coefficient (Wildman–Crippen LogP) is 4.53. The molecule has 28 heavy (non-hydrogen) atoms. The fourth-order valence-corrected chi connectivity index (χ4v) is 3.81. The van der Waals surface area contributed by atoms with Crippen LogP contribution in [-0.2, 0) is 19.5 Å². The van der Waals surface area contributed by atoms with Crippen LogP contribution in [0.15, 0.2) is 42.6 Å². The second-order valence-corrected chi connectivity index (χ2v) is 7.31.